The molecule has 2 heterocycles. The first-order valence-corrected chi connectivity index (χ1v) is 9.30. The first-order chi connectivity index (χ1) is 13.9. The van der Waals surface area contributed by atoms with Crippen LogP contribution >= 0.6 is 23.2 Å². The van der Waals surface area contributed by atoms with Crippen molar-refractivity contribution in [3.8, 4) is 0 Å². The predicted molar refractivity (Wildman–Crippen MR) is 105 cm³/mol. The summed E-state index contributed by atoms with van der Waals surface area (Å²) in [5.74, 6) is -2.38. The van der Waals surface area contributed by atoms with Gasteiger partial charge in [-0.05, 0) is 30.7 Å². The summed E-state index contributed by atoms with van der Waals surface area (Å²) in [5, 5.41) is 5.25. The van der Waals surface area contributed by atoms with Crippen LogP contribution in [0.25, 0.3) is 0 Å². The Labute approximate surface area is 175 Å². The molecule has 1 aliphatic heterocycles. The van der Waals surface area contributed by atoms with Crippen molar-refractivity contribution in [3.63, 3.8) is 0 Å². The Bertz CT molecular complexity index is 1140. The van der Waals surface area contributed by atoms with Gasteiger partial charge in [-0.2, -0.15) is 5.10 Å². The Kier molecular flexibility index (Phi) is 4.86. The molecule has 9 heteroatoms. The van der Waals surface area contributed by atoms with E-state index in [-0.39, 0.29) is 28.4 Å². The Balaban J connectivity index is 1.59. The van der Waals surface area contributed by atoms with Gasteiger partial charge < -0.3 is 4.84 Å². The molecule has 0 radical (unpaired) electrons. The van der Waals surface area contributed by atoms with E-state index in [9.17, 15) is 14.4 Å². The Morgan fingerprint density at radius 1 is 1.00 bits per heavy atom. The lowest BCUT2D eigenvalue weighted by Gasteiger charge is -2.12. The van der Waals surface area contributed by atoms with Crippen molar-refractivity contribution in [1.29, 1.82) is 0 Å². The molecule has 0 N–H and O–H groups in total. The van der Waals surface area contributed by atoms with Crippen LogP contribution in [0.15, 0.2) is 48.5 Å². The monoisotopic (exact) mass is 429 g/mol. The van der Waals surface area contributed by atoms with E-state index in [1.165, 1.54) is 16.8 Å². The van der Waals surface area contributed by atoms with Crippen LogP contribution in [-0.4, -0.2) is 32.6 Å². The molecular weight excluding hydrogens is 417 g/mol. The molecule has 29 heavy (non-hydrogen) atoms. The number of hydrogen-bond acceptors (Lipinski definition) is 5. The van der Waals surface area contributed by atoms with Crippen LogP contribution in [0.4, 0.5) is 0 Å². The second kappa shape index (κ2) is 7.35. The highest BCUT2D eigenvalue weighted by Crippen LogP contribution is 2.27. The second-order valence-corrected chi connectivity index (χ2v) is 7.09. The maximum Gasteiger partial charge on any atom is 0.368 e. The zero-order valence-corrected chi connectivity index (χ0v) is 16.6. The summed E-state index contributed by atoms with van der Waals surface area (Å²) >= 11 is 12.5. The molecule has 2 aromatic carbocycles. The van der Waals surface area contributed by atoms with Gasteiger partial charge in [-0.15, -0.1) is 0 Å². The van der Waals surface area contributed by atoms with Gasteiger partial charge in [0.25, 0.3) is 11.8 Å². The van der Waals surface area contributed by atoms with Gasteiger partial charge in [0.15, 0.2) is 0 Å². The quantitative estimate of drug-likeness (QED) is 0.587. The molecule has 3 aromatic rings. The summed E-state index contributed by atoms with van der Waals surface area (Å²) in [5.41, 5.74) is 1.36. The van der Waals surface area contributed by atoms with Crippen molar-refractivity contribution in [3.05, 3.63) is 86.7 Å². The number of amides is 2. The number of benzene rings is 2. The third-order valence-corrected chi connectivity index (χ3v) is 5.23. The maximum absolute atomic E-state index is 12.7. The van der Waals surface area contributed by atoms with E-state index in [0.717, 1.165) is 5.56 Å². The smallest absolute Gasteiger partial charge is 0.324 e. The van der Waals surface area contributed by atoms with Crippen LogP contribution in [0, 0.1) is 6.92 Å². The third kappa shape index (κ3) is 3.28. The van der Waals surface area contributed by atoms with E-state index in [0.29, 0.717) is 15.8 Å². The molecule has 0 saturated carbocycles. The molecule has 0 aliphatic carbocycles. The number of hydrogen-bond donors (Lipinski definition) is 0. The molecule has 0 fully saturated rings. The fourth-order valence-corrected chi connectivity index (χ4v) is 3.56. The van der Waals surface area contributed by atoms with Crippen LogP contribution in [0.5, 0.6) is 0 Å². The second-order valence-electron chi connectivity index (χ2n) is 6.33. The third-order valence-electron chi connectivity index (χ3n) is 4.48. The van der Waals surface area contributed by atoms with Gasteiger partial charge in [0, 0.05) is 5.02 Å². The van der Waals surface area contributed by atoms with Crippen LogP contribution in [-0.2, 0) is 11.4 Å². The number of nitrogens with zero attached hydrogens (tertiary/aromatic N) is 3. The van der Waals surface area contributed by atoms with Gasteiger partial charge in [-0.1, -0.05) is 58.6 Å². The molecule has 1 aromatic heterocycles. The molecule has 0 unspecified atom stereocenters. The van der Waals surface area contributed by atoms with Gasteiger partial charge in [0.1, 0.15) is 10.7 Å². The molecule has 0 saturated heterocycles. The molecule has 0 atom stereocenters. The van der Waals surface area contributed by atoms with Gasteiger partial charge in [0.2, 0.25) is 0 Å². The van der Waals surface area contributed by atoms with E-state index < -0.39 is 17.8 Å². The standard InChI is InChI=1S/C20H13Cl2N3O4/c1-11-16(17(22)24(23-11)10-12-6-2-5-9-15(12)21)20(28)29-25-18(26)13-7-3-4-8-14(13)19(25)27/h2-9H,10H2,1H3. The first-order valence-electron chi connectivity index (χ1n) is 8.55. The average Bonchev–Trinajstić information content (AvgIpc) is 3.12. The van der Waals surface area contributed by atoms with Crippen LogP contribution in [0.3, 0.4) is 0 Å². The zero-order chi connectivity index (χ0) is 20.7. The average molecular weight is 430 g/mol. The molecule has 0 bridgehead atoms. The number of rotatable bonds is 4. The number of imide groups is 1. The molecule has 4 rings (SSSR count). The summed E-state index contributed by atoms with van der Waals surface area (Å²) in [7, 11) is 0. The van der Waals surface area contributed by atoms with Gasteiger partial charge >= 0.3 is 5.97 Å². The van der Waals surface area contributed by atoms with Gasteiger partial charge in [-0.3, -0.25) is 9.59 Å². The Hall–Kier alpha value is -3.16. The molecule has 2 amide bonds. The molecule has 0 spiro atoms. The SMILES string of the molecule is Cc1nn(Cc2ccccc2Cl)c(Cl)c1C(=O)ON1C(=O)c2ccccc2C1=O. The van der Waals surface area contributed by atoms with E-state index >= 15 is 0 Å². The molecule has 1 aliphatic rings. The fraction of sp³-hybridized carbons (Fsp3) is 0.100. The number of halogens is 2. The van der Waals surface area contributed by atoms with Crippen LogP contribution in [0.2, 0.25) is 10.2 Å². The fourth-order valence-electron chi connectivity index (χ4n) is 3.06. The van der Waals surface area contributed by atoms with Gasteiger partial charge in [0.05, 0.1) is 23.4 Å². The number of carbonyl (C=O) groups is 3. The van der Waals surface area contributed by atoms with Crippen LogP contribution in [0.1, 0.15) is 42.3 Å². The summed E-state index contributed by atoms with van der Waals surface area (Å²) in [4.78, 5) is 42.5. The summed E-state index contributed by atoms with van der Waals surface area (Å²) < 4.78 is 1.40. The highest BCUT2D eigenvalue weighted by Gasteiger charge is 2.39. The molecule has 146 valence electrons. The van der Waals surface area contributed by atoms with Crippen molar-refractivity contribution < 1.29 is 19.2 Å². The molecule has 7 nitrogen and oxygen atoms in total. The van der Waals surface area contributed by atoms with Crippen molar-refractivity contribution in [2.24, 2.45) is 0 Å². The normalized spacial score (nSPS) is 13.0. The number of fused-ring (bicyclic) bond motifs is 1. The minimum atomic E-state index is -0.951. The minimum Gasteiger partial charge on any atom is -0.324 e. The first kappa shape index (κ1) is 19.2. The summed E-state index contributed by atoms with van der Waals surface area (Å²) in [6.07, 6.45) is 0. The summed E-state index contributed by atoms with van der Waals surface area (Å²) in [6, 6.07) is 13.4. The maximum atomic E-state index is 12.7. The van der Waals surface area contributed by atoms with Crippen molar-refractivity contribution in [2.45, 2.75) is 13.5 Å². The minimum absolute atomic E-state index is 0.0176. The van der Waals surface area contributed by atoms with E-state index in [1.54, 1.807) is 31.2 Å². The largest absolute Gasteiger partial charge is 0.368 e. The number of aromatic nitrogens is 2. The summed E-state index contributed by atoms with van der Waals surface area (Å²) in [6.45, 7) is 1.81. The van der Waals surface area contributed by atoms with E-state index in [4.69, 9.17) is 28.0 Å². The van der Waals surface area contributed by atoms with Gasteiger partial charge in [-0.25, -0.2) is 9.48 Å². The highest BCUT2D eigenvalue weighted by atomic mass is 35.5. The Morgan fingerprint density at radius 2 is 1.59 bits per heavy atom. The van der Waals surface area contributed by atoms with Crippen molar-refractivity contribution in [1.82, 2.24) is 14.8 Å². The number of aryl methyl sites for hydroxylation is 1. The predicted octanol–water partition coefficient (Wildman–Crippen LogP) is 3.91. The lowest BCUT2D eigenvalue weighted by atomic mass is 10.1. The van der Waals surface area contributed by atoms with E-state index in [2.05, 4.69) is 5.10 Å². The van der Waals surface area contributed by atoms with E-state index in [1.807, 2.05) is 12.1 Å². The van der Waals surface area contributed by atoms with Crippen molar-refractivity contribution >= 4 is 41.0 Å². The highest BCUT2D eigenvalue weighted by molar-refractivity contribution is 6.33. The topological polar surface area (TPSA) is 81.5 Å². The number of hydroxylamine groups is 2. The Morgan fingerprint density at radius 3 is 2.21 bits per heavy atom. The molecular formula is C20H13Cl2N3O4. The zero-order valence-electron chi connectivity index (χ0n) is 15.1. The van der Waals surface area contributed by atoms with Crippen molar-refractivity contribution in [2.75, 3.05) is 0 Å². The lowest BCUT2D eigenvalue weighted by Crippen LogP contribution is -2.32. The number of carbonyl (C=O) groups excluding carboxylic acids is 3. The van der Waals surface area contributed by atoms with Crippen LogP contribution < -0.4 is 0 Å². The lowest BCUT2D eigenvalue weighted by molar-refractivity contribution is -0.0585.